The van der Waals surface area contributed by atoms with Crippen molar-refractivity contribution in [3.8, 4) is 0 Å². The zero-order valence-corrected chi connectivity index (χ0v) is 18.7. The second kappa shape index (κ2) is 10.2. The van der Waals surface area contributed by atoms with Crippen molar-refractivity contribution in [3.05, 3.63) is 65.2 Å². The van der Waals surface area contributed by atoms with Crippen molar-refractivity contribution in [2.45, 2.75) is 62.8 Å². The van der Waals surface area contributed by atoms with E-state index in [0.29, 0.717) is 19.4 Å². The molecule has 5 nitrogen and oxygen atoms in total. The summed E-state index contributed by atoms with van der Waals surface area (Å²) in [5, 5.41) is 3.13. The molecule has 0 aliphatic heterocycles. The van der Waals surface area contributed by atoms with E-state index in [1.54, 1.807) is 37.4 Å². The van der Waals surface area contributed by atoms with Crippen LogP contribution in [0, 0.1) is 0 Å². The average Bonchev–Trinajstić information content (AvgIpc) is 2.77. The highest BCUT2D eigenvalue weighted by Gasteiger charge is 2.21. The Balaban J connectivity index is 1.52. The van der Waals surface area contributed by atoms with Crippen LogP contribution in [-0.2, 0) is 27.7 Å². The number of hydrogen-bond donors (Lipinski definition) is 1. The third-order valence-electron chi connectivity index (χ3n) is 5.85. The van der Waals surface area contributed by atoms with Gasteiger partial charge in [-0.15, -0.1) is 0 Å². The Morgan fingerprint density at radius 2 is 1.77 bits per heavy atom. The summed E-state index contributed by atoms with van der Waals surface area (Å²) in [6.07, 6.45) is 6.37. The third kappa shape index (κ3) is 5.49. The second-order valence-corrected chi connectivity index (χ2v) is 10.1. The predicted octanol–water partition coefficient (Wildman–Crippen LogP) is 4.23. The van der Waals surface area contributed by atoms with Gasteiger partial charge in [0.1, 0.15) is 0 Å². The Kier molecular flexibility index (Phi) is 7.67. The Morgan fingerprint density at radius 3 is 2.47 bits per heavy atom. The Labute approximate surface area is 180 Å². The van der Waals surface area contributed by atoms with Gasteiger partial charge in [0.25, 0.3) is 0 Å². The molecule has 2 aromatic carbocycles. The first kappa shape index (κ1) is 22.5. The predicted molar refractivity (Wildman–Crippen MR) is 120 cm³/mol. The molecule has 0 heterocycles. The highest BCUT2D eigenvalue weighted by Crippen LogP contribution is 2.26. The van der Waals surface area contributed by atoms with E-state index in [1.165, 1.54) is 28.3 Å². The standard InChI is InChI=1S/C24H32N2O3S/c1-3-23(21-16-15-19-10-7-8-11-20(19)18-21)25-24(27)14-9-17-26(2)30(28,29)22-12-5-4-6-13-22/h4-6,12-13,15-16,18,23H,3,7-11,14,17H2,1-2H3,(H,25,27). The number of sulfonamides is 1. The minimum atomic E-state index is -3.51. The van der Waals surface area contributed by atoms with Gasteiger partial charge >= 0.3 is 0 Å². The highest BCUT2D eigenvalue weighted by molar-refractivity contribution is 7.89. The minimum absolute atomic E-state index is 0.00416. The number of fused-ring (bicyclic) bond motifs is 1. The number of benzene rings is 2. The van der Waals surface area contributed by atoms with Crippen molar-refractivity contribution in [3.63, 3.8) is 0 Å². The molecule has 2 aromatic rings. The van der Waals surface area contributed by atoms with Gasteiger partial charge < -0.3 is 5.32 Å². The van der Waals surface area contributed by atoms with Gasteiger partial charge in [0.05, 0.1) is 10.9 Å². The molecule has 0 bridgehead atoms. The molecule has 0 fully saturated rings. The molecule has 0 radical (unpaired) electrons. The maximum absolute atomic E-state index is 12.6. The smallest absolute Gasteiger partial charge is 0.242 e. The maximum Gasteiger partial charge on any atom is 0.242 e. The molecule has 1 aliphatic rings. The molecule has 162 valence electrons. The number of carbonyl (C=O) groups excluding carboxylic acids is 1. The van der Waals surface area contributed by atoms with E-state index < -0.39 is 10.0 Å². The lowest BCUT2D eigenvalue weighted by Gasteiger charge is -2.22. The molecular weight excluding hydrogens is 396 g/mol. The largest absolute Gasteiger partial charge is 0.349 e. The summed E-state index contributed by atoms with van der Waals surface area (Å²) in [5.74, 6) is -0.0370. The number of amides is 1. The zero-order chi connectivity index (χ0) is 21.6. The Bertz CT molecular complexity index is 958. The van der Waals surface area contributed by atoms with Gasteiger partial charge in [-0.1, -0.05) is 43.3 Å². The second-order valence-electron chi connectivity index (χ2n) is 8.01. The van der Waals surface area contributed by atoms with E-state index >= 15 is 0 Å². The molecule has 1 atom stereocenters. The van der Waals surface area contributed by atoms with Crippen LogP contribution in [0.4, 0.5) is 0 Å². The van der Waals surface area contributed by atoms with Crippen LogP contribution in [0.5, 0.6) is 0 Å². The summed E-state index contributed by atoms with van der Waals surface area (Å²) in [5.41, 5.74) is 4.02. The molecule has 1 amide bonds. The molecule has 0 saturated heterocycles. The molecule has 0 aromatic heterocycles. The number of hydrogen-bond acceptors (Lipinski definition) is 3. The van der Waals surface area contributed by atoms with E-state index in [0.717, 1.165) is 24.8 Å². The van der Waals surface area contributed by atoms with Crippen molar-refractivity contribution in [2.75, 3.05) is 13.6 Å². The fraction of sp³-hybridized carbons (Fsp3) is 0.458. The van der Waals surface area contributed by atoms with Gasteiger partial charge in [-0.3, -0.25) is 4.79 Å². The highest BCUT2D eigenvalue weighted by atomic mass is 32.2. The van der Waals surface area contributed by atoms with Crippen molar-refractivity contribution in [1.29, 1.82) is 0 Å². The first-order valence-corrected chi connectivity index (χ1v) is 12.3. The van der Waals surface area contributed by atoms with Crippen LogP contribution in [-0.4, -0.2) is 32.2 Å². The summed E-state index contributed by atoms with van der Waals surface area (Å²) in [4.78, 5) is 12.8. The van der Waals surface area contributed by atoms with Crippen LogP contribution in [0.15, 0.2) is 53.4 Å². The summed E-state index contributed by atoms with van der Waals surface area (Å²) < 4.78 is 26.4. The van der Waals surface area contributed by atoms with Gasteiger partial charge in [0.2, 0.25) is 15.9 Å². The first-order chi connectivity index (χ1) is 14.4. The molecule has 6 heteroatoms. The van der Waals surface area contributed by atoms with E-state index in [9.17, 15) is 13.2 Å². The first-order valence-electron chi connectivity index (χ1n) is 10.8. The van der Waals surface area contributed by atoms with Crippen molar-refractivity contribution < 1.29 is 13.2 Å². The average molecular weight is 429 g/mol. The number of nitrogens with one attached hydrogen (secondary N) is 1. The third-order valence-corrected chi connectivity index (χ3v) is 7.72. The van der Waals surface area contributed by atoms with E-state index in [4.69, 9.17) is 0 Å². The van der Waals surface area contributed by atoms with E-state index in [-0.39, 0.29) is 16.8 Å². The van der Waals surface area contributed by atoms with Crippen LogP contribution in [0.2, 0.25) is 0 Å². The maximum atomic E-state index is 12.6. The minimum Gasteiger partial charge on any atom is -0.349 e. The van der Waals surface area contributed by atoms with Crippen LogP contribution < -0.4 is 5.32 Å². The molecule has 30 heavy (non-hydrogen) atoms. The molecule has 1 unspecified atom stereocenters. The summed E-state index contributed by atoms with van der Waals surface area (Å²) >= 11 is 0. The fourth-order valence-corrected chi connectivity index (χ4v) is 5.24. The monoisotopic (exact) mass is 428 g/mol. The van der Waals surface area contributed by atoms with E-state index in [1.807, 2.05) is 0 Å². The lowest BCUT2D eigenvalue weighted by Crippen LogP contribution is -2.31. The topological polar surface area (TPSA) is 66.5 Å². The van der Waals surface area contributed by atoms with Crippen molar-refractivity contribution in [1.82, 2.24) is 9.62 Å². The molecule has 3 rings (SSSR count). The van der Waals surface area contributed by atoms with Crippen LogP contribution in [0.25, 0.3) is 0 Å². The van der Waals surface area contributed by atoms with Gasteiger partial charge in [-0.25, -0.2) is 12.7 Å². The number of nitrogens with zero attached hydrogens (tertiary/aromatic N) is 1. The van der Waals surface area contributed by atoms with Crippen LogP contribution in [0.1, 0.15) is 61.8 Å². The summed E-state index contributed by atoms with van der Waals surface area (Å²) in [6, 6.07) is 15.0. The number of aryl methyl sites for hydroxylation is 2. The van der Waals surface area contributed by atoms with Crippen LogP contribution >= 0.6 is 0 Å². The van der Waals surface area contributed by atoms with Gasteiger partial charge in [0.15, 0.2) is 0 Å². The van der Waals surface area contributed by atoms with Crippen molar-refractivity contribution in [2.24, 2.45) is 0 Å². The van der Waals surface area contributed by atoms with Gasteiger partial charge in [-0.05, 0) is 67.3 Å². The van der Waals surface area contributed by atoms with Crippen molar-refractivity contribution >= 4 is 15.9 Å². The molecule has 1 aliphatic carbocycles. The summed E-state index contributed by atoms with van der Waals surface area (Å²) in [7, 11) is -1.96. The molecular formula is C24H32N2O3S. The fourth-order valence-electron chi connectivity index (χ4n) is 4.01. The van der Waals surface area contributed by atoms with Gasteiger partial charge in [-0.2, -0.15) is 0 Å². The molecule has 1 N–H and O–H groups in total. The van der Waals surface area contributed by atoms with Gasteiger partial charge in [0, 0.05) is 20.0 Å². The normalized spacial score (nSPS) is 14.9. The lowest BCUT2D eigenvalue weighted by atomic mass is 9.89. The SMILES string of the molecule is CCC(NC(=O)CCCN(C)S(=O)(=O)c1ccccc1)c1ccc2c(c1)CCCC2. The van der Waals surface area contributed by atoms with Crippen LogP contribution in [0.3, 0.4) is 0 Å². The number of carbonyl (C=O) groups is 1. The Hall–Kier alpha value is -2.18. The molecule has 0 saturated carbocycles. The molecule has 0 spiro atoms. The lowest BCUT2D eigenvalue weighted by molar-refractivity contribution is -0.122. The number of rotatable bonds is 9. The zero-order valence-electron chi connectivity index (χ0n) is 17.9. The quantitative estimate of drug-likeness (QED) is 0.650. The Morgan fingerprint density at radius 1 is 1.07 bits per heavy atom. The van der Waals surface area contributed by atoms with E-state index in [2.05, 4.69) is 30.4 Å². The summed E-state index contributed by atoms with van der Waals surface area (Å²) in [6.45, 7) is 2.38.